The van der Waals surface area contributed by atoms with E-state index in [1.165, 1.54) is 7.11 Å². The maximum absolute atomic E-state index is 12.2. The summed E-state index contributed by atoms with van der Waals surface area (Å²) in [6, 6.07) is 11.8. The molecule has 0 aliphatic carbocycles. The SMILES string of the molecule is COC(=O)c1ccc(NC(=O)c2cc3ncccc3[nH]2)cc1. The molecule has 2 N–H and O–H groups in total. The van der Waals surface area contributed by atoms with Gasteiger partial charge in [-0.25, -0.2) is 4.79 Å². The number of carbonyl (C=O) groups is 2. The summed E-state index contributed by atoms with van der Waals surface area (Å²) in [6.07, 6.45) is 1.67. The van der Waals surface area contributed by atoms with Crippen LogP contribution >= 0.6 is 0 Å². The lowest BCUT2D eigenvalue weighted by Crippen LogP contribution is -2.12. The first-order valence-corrected chi connectivity index (χ1v) is 6.61. The Morgan fingerprint density at radius 3 is 2.64 bits per heavy atom. The van der Waals surface area contributed by atoms with Crippen molar-refractivity contribution in [1.29, 1.82) is 0 Å². The Balaban J connectivity index is 1.77. The molecule has 0 spiro atoms. The smallest absolute Gasteiger partial charge is 0.337 e. The van der Waals surface area contributed by atoms with Crippen molar-refractivity contribution in [2.24, 2.45) is 0 Å². The van der Waals surface area contributed by atoms with Gasteiger partial charge < -0.3 is 15.0 Å². The van der Waals surface area contributed by atoms with E-state index in [1.807, 2.05) is 6.07 Å². The molecule has 22 heavy (non-hydrogen) atoms. The highest BCUT2D eigenvalue weighted by molar-refractivity contribution is 6.05. The van der Waals surface area contributed by atoms with E-state index >= 15 is 0 Å². The van der Waals surface area contributed by atoms with E-state index in [9.17, 15) is 9.59 Å². The van der Waals surface area contributed by atoms with Crippen LogP contribution in [-0.4, -0.2) is 29.0 Å². The summed E-state index contributed by atoms with van der Waals surface area (Å²) >= 11 is 0. The van der Waals surface area contributed by atoms with Crippen LogP contribution in [0.3, 0.4) is 0 Å². The van der Waals surface area contributed by atoms with Gasteiger partial charge in [0, 0.05) is 11.9 Å². The van der Waals surface area contributed by atoms with Crippen molar-refractivity contribution < 1.29 is 14.3 Å². The maximum Gasteiger partial charge on any atom is 0.337 e. The van der Waals surface area contributed by atoms with E-state index in [0.717, 1.165) is 11.0 Å². The fraction of sp³-hybridized carbons (Fsp3) is 0.0625. The van der Waals surface area contributed by atoms with Crippen molar-refractivity contribution in [2.45, 2.75) is 0 Å². The molecular formula is C16H13N3O3. The first-order valence-electron chi connectivity index (χ1n) is 6.61. The van der Waals surface area contributed by atoms with Gasteiger partial charge in [0.05, 0.1) is 23.7 Å². The summed E-state index contributed by atoms with van der Waals surface area (Å²) in [4.78, 5) is 30.7. The minimum atomic E-state index is -0.417. The number of carbonyl (C=O) groups excluding carboxylic acids is 2. The summed E-state index contributed by atoms with van der Waals surface area (Å²) in [5.74, 6) is -0.691. The Kier molecular flexibility index (Phi) is 3.57. The number of fused-ring (bicyclic) bond motifs is 1. The first kappa shape index (κ1) is 13.8. The molecule has 0 bridgehead atoms. The van der Waals surface area contributed by atoms with Crippen molar-refractivity contribution in [1.82, 2.24) is 9.97 Å². The van der Waals surface area contributed by atoms with Crippen LogP contribution in [0.4, 0.5) is 5.69 Å². The number of rotatable bonds is 3. The number of ether oxygens (including phenoxy) is 1. The molecule has 3 rings (SSSR count). The molecule has 0 fully saturated rings. The van der Waals surface area contributed by atoms with E-state index in [1.54, 1.807) is 42.6 Å². The van der Waals surface area contributed by atoms with E-state index in [4.69, 9.17) is 0 Å². The minimum Gasteiger partial charge on any atom is -0.465 e. The van der Waals surface area contributed by atoms with Crippen LogP contribution < -0.4 is 5.32 Å². The van der Waals surface area contributed by atoms with Gasteiger partial charge >= 0.3 is 5.97 Å². The number of methoxy groups -OCH3 is 1. The molecule has 3 aromatic rings. The molecule has 6 heteroatoms. The summed E-state index contributed by atoms with van der Waals surface area (Å²) in [6.45, 7) is 0. The molecule has 0 saturated heterocycles. The van der Waals surface area contributed by atoms with Crippen LogP contribution in [0.1, 0.15) is 20.8 Å². The lowest BCUT2D eigenvalue weighted by Gasteiger charge is -2.04. The van der Waals surface area contributed by atoms with Gasteiger partial charge in [-0.2, -0.15) is 0 Å². The van der Waals surface area contributed by atoms with Crippen molar-refractivity contribution in [3.63, 3.8) is 0 Å². The zero-order valence-corrected chi connectivity index (χ0v) is 11.8. The van der Waals surface area contributed by atoms with Gasteiger partial charge in [-0.1, -0.05) is 0 Å². The predicted molar refractivity (Wildman–Crippen MR) is 81.8 cm³/mol. The number of benzene rings is 1. The quantitative estimate of drug-likeness (QED) is 0.727. The first-order chi connectivity index (χ1) is 10.7. The third-order valence-corrected chi connectivity index (χ3v) is 3.20. The Morgan fingerprint density at radius 2 is 1.95 bits per heavy atom. The third kappa shape index (κ3) is 2.67. The van der Waals surface area contributed by atoms with E-state index < -0.39 is 5.97 Å². The topological polar surface area (TPSA) is 84.1 Å². The van der Waals surface area contributed by atoms with Gasteiger partial charge in [0.2, 0.25) is 0 Å². The highest BCUT2D eigenvalue weighted by Gasteiger charge is 2.11. The van der Waals surface area contributed by atoms with Crippen LogP contribution in [0.5, 0.6) is 0 Å². The normalized spacial score (nSPS) is 10.4. The second-order valence-electron chi connectivity index (χ2n) is 4.64. The van der Waals surface area contributed by atoms with Gasteiger partial charge in [-0.15, -0.1) is 0 Å². The highest BCUT2D eigenvalue weighted by Crippen LogP contribution is 2.15. The minimum absolute atomic E-state index is 0.274. The Labute approximate surface area is 126 Å². The summed E-state index contributed by atoms with van der Waals surface area (Å²) < 4.78 is 4.62. The lowest BCUT2D eigenvalue weighted by atomic mass is 10.2. The third-order valence-electron chi connectivity index (χ3n) is 3.20. The molecule has 2 aromatic heterocycles. The molecular weight excluding hydrogens is 282 g/mol. The van der Waals surface area contributed by atoms with Crippen LogP contribution in [0.15, 0.2) is 48.7 Å². The Hall–Kier alpha value is -3.15. The molecule has 0 atom stereocenters. The molecule has 1 amide bonds. The number of esters is 1. The summed E-state index contributed by atoms with van der Waals surface area (Å²) in [5, 5.41) is 2.75. The van der Waals surface area contributed by atoms with Crippen molar-refractivity contribution in [2.75, 3.05) is 12.4 Å². The average molecular weight is 295 g/mol. The fourth-order valence-electron chi connectivity index (χ4n) is 2.08. The fourth-order valence-corrected chi connectivity index (χ4v) is 2.08. The van der Waals surface area contributed by atoms with Gasteiger partial charge in [0.15, 0.2) is 0 Å². The standard InChI is InChI=1S/C16H13N3O3/c1-22-16(21)10-4-6-11(7-5-10)18-15(20)14-9-13-12(19-14)3-2-8-17-13/h2-9,19H,1H3,(H,18,20). The van der Waals surface area contributed by atoms with Crippen LogP contribution in [0.2, 0.25) is 0 Å². The molecule has 110 valence electrons. The molecule has 0 aliphatic rings. The predicted octanol–water partition coefficient (Wildman–Crippen LogP) is 2.60. The van der Waals surface area contributed by atoms with Crippen LogP contribution in [-0.2, 0) is 4.74 Å². The number of aromatic amines is 1. The average Bonchev–Trinajstić information content (AvgIpc) is 2.99. The van der Waals surface area contributed by atoms with E-state index in [0.29, 0.717) is 16.9 Å². The maximum atomic E-state index is 12.2. The van der Waals surface area contributed by atoms with Gasteiger partial charge in [0.25, 0.3) is 5.91 Å². The Morgan fingerprint density at radius 1 is 1.18 bits per heavy atom. The van der Waals surface area contributed by atoms with Gasteiger partial charge in [-0.3, -0.25) is 9.78 Å². The number of hydrogen-bond acceptors (Lipinski definition) is 4. The number of H-pyrrole nitrogens is 1. The lowest BCUT2D eigenvalue weighted by molar-refractivity contribution is 0.0600. The number of amides is 1. The summed E-state index contributed by atoms with van der Waals surface area (Å²) in [7, 11) is 1.32. The van der Waals surface area contributed by atoms with Crippen molar-refractivity contribution in [3.8, 4) is 0 Å². The zero-order chi connectivity index (χ0) is 15.5. The molecule has 2 heterocycles. The van der Waals surface area contributed by atoms with Gasteiger partial charge in [0.1, 0.15) is 5.69 Å². The molecule has 0 radical (unpaired) electrons. The van der Waals surface area contributed by atoms with E-state index in [-0.39, 0.29) is 5.91 Å². The van der Waals surface area contributed by atoms with E-state index in [2.05, 4.69) is 20.0 Å². The highest BCUT2D eigenvalue weighted by atomic mass is 16.5. The number of aromatic nitrogens is 2. The monoisotopic (exact) mass is 295 g/mol. The number of pyridine rings is 1. The Bertz CT molecular complexity index is 804. The molecule has 6 nitrogen and oxygen atoms in total. The molecule has 0 aliphatic heterocycles. The van der Waals surface area contributed by atoms with Crippen molar-refractivity contribution >= 4 is 28.6 Å². The van der Waals surface area contributed by atoms with Crippen LogP contribution in [0.25, 0.3) is 11.0 Å². The second kappa shape index (κ2) is 5.69. The largest absolute Gasteiger partial charge is 0.465 e. The zero-order valence-electron chi connectivity index (χ0n) is 11.8. The molecule has 0 unspecified atom stereocenters. The number of anilines is 1. The number of nitrogens with one attached hydrogen (secondary N) is 2. The molecule has 0 saturated carbocycles. The molecule has 1 aromatic carbocycles. The summed E-state index contributed by atoms with van der Waals surface area (Å²) in [5.41, 5.74) is 2.97. The number of hydrogen-bond donors (Lipinski definition) is 2. The van der Waals surface area contributed by atoms with Crippen LogP contribution in [0, 0.1) is 0 Å². The van der Waals surface area contributed by atoms with Crippen molar-refractivity contribution in [3.05, 3.63) is 59.9 Å². The number of nitrogens with zero attached hydrogens (tertiary/aromatic N) is 1. The second-order valence-corrected chi connectivity index (χ2v) is 4.64. The van der Waals surface area contributed by atoms with Gasteiger partial charge in [-0.05, 0) is 42.5 Å².